The molecule has 0 amide bonds. The third-order valence-corrected chi connectivity index (χ3v) is 6.29. The number of hydrogen-bond donors (Lipinski definition) is 0. The van der Waals surface area contributed by atoms with E-state index in [-0.39, 0.29) is 12.1 Å². The number of hydrogen-bond acceptors (Lipinski definition) is 3. The highest BCUT2D eigenvalue weighted by Crippen LogP contribution is 2.38. The molecule has 1 saturated heterocycles. The lowest BCUT2D eigenvalue weighted by Gasteiger charge is -2.33. The maximum absolute atomic E-state index is 13.4. The molecule has 1 heterocycles. The summed E-state index contributed by atoms with van der Waals surface area (Å²) in [6, 6.07) is 20.5. The Morgan fingerprint density at radius 3 is 2.08 bits per heavy atom. The maximum atomic E-state index is 13.4. The lowest BCUT2D eigenvalue weighted by Crippen LogP contribution is -2.40. The third kappa shape index (κ3) is 3.05. The van der Waals surface area contributed by atoms with E-state index in [0.717, 1.165) is 30.5 Å². The zero-order valence-corrected chi connectivity index (χ0v) is 15.6. The van der Waals surface area contributed by atoms with Gasteiger partial charge in [0, 0.05) is 12.6 Å². The summed E-state index contributed by atoms with van der Waals surface area (Å²) in [4.78, 5) is 15.8. The van der Waals surface area contributed by atoms with Crippen molar-refractivity contribution in [1.29, 1.82) is 0 Å². The molecule has 136 valence electrons. The first kappa shape index (κ1) is 17.3. The van der Waals surface area contributed by atoms with Gasteiger partial charge in [-0.1, -0.05) is 60.7 Å². The second-order valence-corrected chi connectivity index (χ2v) is 8.05. The van der Waals surface area contributed by atoms with Crippen molar-refractivity contribution in [2.24, 2.45) is 5.92 Å². The molecule has 2 aliphatic rings. The average Bonchev–Trinajstić information content (AvgIpc) is 2.94. The van der Waals surface area contributed by atoms with E-state index < -0.39 is 5.41 Å². The van der Waals surface area contributed by atoms with E-state index in [4.69, 9.17) is 4.74 Å². The van der Waals surface area contributed by atoms with Gasteiger partial charge in [0.15, 0.2) is 0 Å². The van der Waals surface area contributed by atoms with Crippen LogP contribution in [0.2, 0.25) is 0 Å². The fourth-order valence-electron chi connectivity index (χ4n) is 4.72. The Balaban J connectivity index is 1.61. The third-order valence-electron chi connectivity index (χ3n) is 6.29. The molecule has 4 rings (SSSR count). The van der Waals surface area contributed by atoms with Gasteiger partial charge in [-0.25, -0.2) is 0 Å². The minimum atomic E-state index is -0.787. The molecule has 1 aliphatic heterocycles. The van der Waals surface area contributed by atoms with Crippen molar-refractivity contribution in [2.75, 3.05) is 13.6 Å². The lowest BCUT2D eigenvalue weighted by atomic mass is 9.76. The Morgan fingerprint density at radius 2 is 1.54 bits per heavy atom. The summed E-state index contributed by atoms with van der Waals surface area (Å²) in [6.45, 7) is 3.12. The molecule has 2 fully saturated rings. The Labute approximate surface area is 156 Å². The van der Waals surface area contributed by atoms with Crippen LogP contribution in [0.25, 0.3) is 0 Å². The number of fused-ring (bicyclic) bond motifs is 2. The number of carbonyl (C=O) groups is 1. The van der Waals surface area contributed by atoms with Crippen molar-refractivity contribution in [3.05, 3.63) is 71.8 Å². The van der Waals surface area contributed by atoms with Gasteiger partial charge >= 0.3 is 5.97 Å². The molecule has 3 nitrogen and oxygen atoms in total. The quantitative estimate of drug-likeness (QED) is 0.781. The summed E-state index contributed by atoms with van der Waals surface area (Å²) in [5.41, 5.74) is 1.17. The summed E-state index contributed by atoms with van der Waals surface area (Å²) >= 11 is 0. The highest BCUT2D eigenvalue weighted by atomic mass is 16.5. The number of likely N-dealkylation sites (tertiary alicyclic amines) is 1. The number of carbonyl (C=O) groups excluding carboxylic acids is 1. The molecule has 3 heteroatoms. The normalized spacial score (nSPS) is 25.8. The van der Waals surface area contributed by atoms with Crippen LogP contribution in [-0.4, -0.2) is 36.6 Å². The van der Waals surface area contributed by atoms with E-state index in [1.54, 1.807) is 0 Å². The first-order valence-corrected chi connectivity index (χ1v) is 9.59. The highest BCUT2D eigenvalue weighted by Gasteiger charge is 2.43. The smallest absolute Gasteiger partial charge is 0.321 e. The molecule has 3 atom stereocenters. The number of ether oxygens (including phenoxy) is 1. The Kier molecular flexibility index (Phi) is 4.58. The SMILES string of the molecule is CN1C[C@@H]2CC(OC(=O)C(C)(c3ccccc3)c3ccccc3)C[C@H]1C2. The fraction of sp³-hybridized carbons (Fsp3) is 0.435. The zero-order chi connectivity index (χ0) is 18.1. The number of nitrogens with zero attached hydrogens (tertiary/aromatic N) is 1. The van der Waals surface area contributed by atoms with Gasteiger partial charge < -0.3 is 9.64 Å². The van der Waals surface area contributed by atoms with Crippen LogP contribution >= 0.6 is 0 Å². The summed E-state index contributed by atoms with van der Waals surface area (Å²) in [7, 11) is 2.19. The van der Waals surface area contributed by atoms with Gasteiger partial charge in [-0.05, 0) is 50.3 Å². The molecule has 1 unspecified atom stereocenters. The number of rotatable bonds is 4. The largest absolute Gasteiger partial charge is 0.461 e. The Morgan fingerprint density at radius 1 is 0.962 bits per heavy atom. The average molecular weight is 349 g/mol. The van der Waals surface area contributed by atoms with Crippen LogP contribution in [0, 0.1) is 5.92 Å². The molecule has 2 bridgehead atoms. The van der Waals surface area contributed by atoms with Crippen LogP contribution in [-0.2, 0) is 14.9 Å². The lowest BCUT2D eigenvalue weighted by molar-refractivity contribution is -0.156. The van der Waals surface area contributed by atoms with E-state index in [2.05, 4.69) is 11.9 Å². The second-order valence-electron chi connectivity index (χ2n) is 8.05. The highest BCUT2D eigenvalue weighted by molar-refractivity contribution is 5.87. The molecule has 2 aromatic rings. The van der Waals surface area contributed by atoms with E-state index >= 15 is 0 Å². The van der Waals surface area contributed by atoms with Crippen molar-refractivity contribution < 1.29 is 9.53 Å². The first-order chi connectivity index (χ1) is 12.6. The first-order valence-electron chi connectivity index (χ1n) is 9.59. The monoisotopic (exact) mass is 349 g/mol. The summed E-state index contributed by atoms with van der Waals surface area (Å²) in [5.74, 6) is 0.528. The zero-order valence-electron chi connectivity index (χ0n) is 15.6. The summed E-state index contributed by atoms with van der Waals surface area (Å²) < 4.78 is 6.13. The summed E-state index contributed by atoms with van der Waals surface area (Å²) in [6.07, 6.45) is 3.23. The van der Waals surface area contributed by atoms with Crippen molar-refractivity contribution >= 4 is 5.97 Å². The van der Waals surface area contributed by atoms with Gasteiger partial charge in [-0.15, -0.1) is 0 Å². The molecule has 26 heavy (non-hydrogen) atoms. The van der Waals surface area contributed by atoms with Crippen molar-refractivity contribution in [3.8, 4) is 0 Å². The van der Waals surface area contributed by atoms with Gasteiger partial charge in [0.05, 0.1) is 0 Å². The molecule has 2 aromatic carbocycles. The van der Waals surface area contributed by atoms with Gasteiger partial charge in [0.2, 0.25) is 0 Å². The fourth-order valence-corrected chi connectivity index (χ4v) is 4.72. The number of benzene rings is 2. The van der Waals surface area contributed by atoms with Crippen molar-refractivity contribution in [2.45, 2.75) is 43.7 Å². The Bertz CT molecular complexity index is 717. The molecule has 1 saturated carbocycles. The minimum Gasteiger partial charge on any atom is -0.461 e. The molecule has 0 spiro atoms. The maximum Gasteiger partial charge on any atom is 0.321 e. The molecule has 0 aromatic heterocycles. The number of esters is 1. The van der Waals surface area contributed by atoms with Crippen molar-refractivity contribution in [1.82, 2.24) is 4.90 Å². The van der Waals surface area contributed by atoms with Crippen LogP contribution < -0.4 is 0 Å². The van der Waals surface area contributed by atoms with Crippen LogP contribution in [0.1, 0.15) is 37.3 Å². The van der Waals surface area contributed by atoms with Crippen LogP contribution in [0.5, 0.6) is 0 Å². The van der Waals surface area contributed by atoms with Gasteiger partial charge in [-0.3, -0.25) is 4.79 Å². The molecular weight excluding hydrogens is 322 g/mol. The molecular formula is C23H27NO2. The standard InChI is InChI=1S/C23H27NO2/c1-23(18-9-5-3-6-10-18,19-11-7-4-8-12-19)22(25)26-21-14-17-13-20(15-21)24(2)16-17/h3-12,17,20-21H,13-16H2,1-2H3/t17-,20+,21?/m0/s1. The topological polar surface area (TPSA) is 29.5 Å². The Hall–Kier alpha value is -2.13. The predicted molar refractivity (Wildman–Crippen MR) is 103 cm³/mol. The molecule has 0 radical (unpaired) electrons. The van der Waals surface area contributed by atoms with Gasteiger partial charge in [0.1, 0.15) is 11.5 Å². The van der Waals surface area contributed by atoms with E-state index in [1.165, 1.54) is 6.42 Å². The van der Waals surface area contributed by atoms with E-state index in [1.807, 2.05) is 67.6 Å². The van der Waals surface area contributed by atoms with E-state index in [0.29, 0.717) is 12.0 Å². The van der Waals surface area contributed by atoms with Crippen LogP contribution in [0.4, 0.5) is 0 Å². The van der Waals surface area contributed by atoms with E-state index in [9.17, 15) is 4.79 Å². The molecule has 0 N–H and O–H groups in total. The summed E-state index contributed by atoms with van der Waals surface area (Å²) in [5, 5.41) is 0. The van der Waals surface area contributed by atoms with Crippen LogP contribution in [0.15, 0.2) is 60.7 Å². The molecule has 1 aliphatic carbocycles. The van der Waals surface area contributed by atoms with Gasteiger partial charge in [0.25, 0.3) is 0 Å². The predicted octanol–water partition coefficient (Wildman–Crippen LogP) is 4.02. The van der Waals surface area contributed by atoms with Crippen LogP contribution in [0.3, 0.4) is 0 Å². The minimum absolute atomic E-state index is 0.0305. The second kappa shape index (κ2) is 6.88. The van der Waals surface area contributed by atoms with Gasteiger partial charge in [-0.2, -0.15) is 0 Å². The van der Waals surface area contributed by atoms with Crippen molar-refractivity contribution in [3.63, 3.8) is 0 Å².